The first-order valence-corrected chi connectivity index (χ1v) is 32.1. The number of hydrogen-bond donors (Lipinski definition) is 0. The van der Waals surface area contributed by atoms with Gasteiger partial charge in [-0.1, -0.05) is 268 Å². The summed E-state index contributed by atoms with van der Waals surface area (Å²) in [7, 11) is 0. The molecule has 0 bridgehead atoms. The average molecular weight is 1160 g/mol. The first-order valence-electron chi connectivity index (χ1n) is 32.1. The lowest BCUT2D eigenvalue weighted by atomic mass is 9.75. The minimum absolute atomic E-state index is 0.0460. The Bertz CT molecular complexity index is 5260. The van der Waals surface area contributed by atoms with Gasteiger partial charge in [0.1, 0.15) is 0 Å². The molecule has 0 N–H and O–H groups in total. The first kappa shape index (κ1) is 52.8. The van der Waals surface area contributed by atoms with Crippen molar-refractivity contribution in [2.75, 3.05) is 0 Å². The third-order valence-corrected chi connectivity index (χ3v) is 20.1. The molecule has 2 aromatic heterocycles. The number of aromatic nitrogens is 2. The molecule has 14 aromatic carbocycles. The Morgan fingerprint density at radius 1 is 0.242 bits per heavy atom. The smallest absolute Gasteiger partial charge is 0.0541 e. The lowest BCUT2D eigenvalue weighted by molar-refractivity contribution is 0.550. The lowest BCUT2D eigenvalue weighted by Crippen LogP contribution is -2.20. The van der Waals surface area contributed by atoms with Crippen LogP contribution < -0.4 is 0 Å². The summed E-state index contributed by atoms with van der Waals surface area (Å²) in [4.78, 5) is 0. The van der Waals surface area contributed by atoms with Crippen molar-refractivity contribution in [2.24, 2.45) is 0 Å². The molecule has 2 aliphatic carbocycles. The van der Waals surface area contributed by atoms with E-state index in [9.17, 15) is 0 Å². The molecule has 0 radical (unpaired) electrons. The van der Waals surface area contributed by atoms with Gasteiger partial charge in [0.25, 0.3) is 0 Å². The largest absolute Gasteiger partial charge is 0.309 e. The highest BCUT2D eigenvalue weighted by atomic mass is 15.0. The molecule has 16 aromatic rings. The van der Waals surface area contributed by atoms with E-state index in [4.69, 9.17) is 0 Å². The number of para-hydroxylation sites is 2. The minimum atomic E-state index is 0.0460. The molecule has 2 heterocycles. The van der Waals surface area contributed by atoms with Crippen molar-refractivity contribution in [1.82, 2.24) is 9.13 Å². The molecule has 1 saturated carbocycles. The number of nitrogens with zero attached hydrogens (tertiary/aromatic N) is 2. The molecule has 91 heavy (non-hydrogen) atoms. The summed E-state index contributed by atoms with van der Waals surface area (Å²) in [6, 6.07) is 113. The Hall–Kier alpha value is -11.3. The quantitative estimate of drug-likeness (QED) is 0.121. The monoisotopic (exact) mass is 1160 g/mol. The Kier molecular flexibility index (Phi) is 12.5. The van der Waals surface area contributed by atoms with Gasteiger partial charge in [-0.05, 0) is 196 Å². The maximum atomic E-state index is 2.52. The Morgan fingerprint density at radius 2 is 0.560 bits per heavy atom. The summed E-state index contributed by atoms with van der Waals surface area (Å²) < 4.78 is 4.81. The number of hydrogen-bond acceptors (Lipinski definition) is 0. The molecule has 0 amide bonds. The fraction of sp³-hybridized carbons (Fsp3) is 0.0562. The van der Waals surface area contributed by atoms with Crippen LogP contribution in [-0.2, 0) is 5.41 Å². The summed E-state index contributed by atoms with van der Waals surface area (Å²) in [5.41, 5.74) is 27.8. The summed E-state index contributed by atoms with van der Waals surface area (Å²) in [5, 5.41) is 10.0. The summed E-state index contributed by atoms with van der Waals surface area (Å²) in [6.45, 7) is 0. The van der Waals surface area contributed by atoms with Crippen molar-refractivity contribution in [3.05, 3.63) is 337 Å². The molecule has 18 rings (SSSR count). The van der Waals surface area contributed by atoms with Gasteiger partial charge in [-0.3, -0.25) is 0 Å². The van der Waals surface area contributed by atoms with Gasteiger partial charge >= 0.3 is 0 Å². The standard InChI is InChI=1S/C89H62N2/c1-3-13-69-53-75(45-39-63(69)11-1)90-85-17-7-5-15-79(85)81-55-71(43-49-87(81)90)65-31-23-59(24-32-65)19-21-61-27-35-67(36-28-61)73-41-47-77-78-48-42-74(58-84(78)89(83(77)57-73)51-9-10-52-89)68-37-29-62(30-38-68)22-20-60-25-33-66(34-26-60)72-44-50-88-82(56-72)80-16-6-8-18-86(80)91(88)76-46-40-64-12-2-4-14-70(64)54-76/h1-8,11-50,53-58H,9-10,51-52H2. The van der Waals surface area contributed by atoms with Crippen molar-refractivity contribution >= 4 is 89.5 Å². The van der Waals surface area contributed by atoms with Crippen LogP contribution in [0, 0.1) is 0 Å². The summed E-state index contributed by atoms with van der Waals surface area (Å²) in [6.07, 6.45) is 13.8. The maximum absolute atomic E-state index is 2.52. The van der Waals surface area contributed by atoms with Crippen molar-refractivity contribution in [3.8, 4) is 67.0 Å². The molecule has 0 saturated heterocycles. The van der Waals surface area contributed by atoms with E-state index in [0.29, 0.717) is 0 Å². The third kappa shape index (κ3) is 9.08. The van der Waals surface area contributed by atoms with Crippen LogP contribution >= 0.6 is 0 Å². The zero-order chi connectivity index (χ0) is 60.0. The van der Waals surface area contributed by atoms with Crippen LogP contribution in [0.4, 0.5) is 0 Å². The summed E-state index contributed by atoms with van der Waals surface area (Å²) >= 11 is 0. The molecule has 0 atom stereocenters. The van der Waals surface area contributed by atoms with Crippen LogP contribution in [0.5, 0.6) is 0 Å². The second kappa shape index (κ2) is 21.5. The summed E-state index contributed by atoms with van der Waals surface area (Å²) in [5.74, 6) is 0. The molecular formula is C89H62N2. The van der Waals surface area contributed by atoms with Gasteiger partial charge in [-0.25, -0.2) is 0 Å². The highest BCUT2D eigenvalue weighted by Crippen LogP contribution is 2.58. The molecule has 0 unspecified atom stereocenters. The molecule has 1 spiro atoms. The molecule has 0 aliphatic heterocycles. The first-order chi connectivity index (χ1) is 45.0. The van der Waals surface area contributed by atoms with Crippen molar-refractivity contribution in [3.63, 3.8) is 0 Å². The molecule has 2 aliphatic rings. The van der Waals surface area contributed by atoms with Crippen LogP contribution in [0.3, 0.4) is 0 Å². The SMILES string of the molecule is C(=Cc1ccc(-c2ccc3c(c2)c2ccccc2n3-c2ccc3ccccc3c2)cc1)c1ccc(-c2ccc3c(c2)C2(CCCC2)c2cc(-c4ccc(C=Cc5ccc(-c6ccc7c(c6)c6ccccc6n7-c6ccc7ccccc7c6)cc5)cc4)ccc2-3)cc1. The van der Waals surface area contributed by atoms with Crippen LogP contribution in [0.15, 0.2) is 303 Å². The van der Waals surface area contributed by atoms with E-state index in [0.717, 1.165) is 0 Å². The van der Waals surface area contributed by atoms with E-state index in [1.54, 1.807) is 0 Å². The van der Waals surface area contributed by atoms with Gasteiger partial charge in [0.05, 0.1) is 22.1 Å². The van der Waals surface area contributed by atoms with Crippen LogP contribution in [0.2, 0.25) is 0 Å². The second-order valence-electron chi connectivity index (χ2n) is 25.2. The molecule has 2 heteroatoms. The zero-order valence-corrected chi connectivity index (χ0v) is 50.4. The van der Waals surface area contributed by atoms with Gasteiger partial charge in [-0.2, -0.15) is 0 Å². The Labute approximate surface area is 530 Å². The molecule has 1 fully saturated rings. The third-order valence-electron chi connectivity index (χ3n) is 20.1. The van der Waals surface area contributed by atoms with Gasteiger partial charge in [-0.15, -0.1) is 0 Å². The van der Waals surface area contributed by atoms with E-state index in [2.05, 4.69) is 337 Å². The average Bonchev–Trinajstić information content (AvgIpc) is 1.58. The van der Waals surface area contributed by atoms with E-state index in [-0.39, 0.29) is 5.41 Å². The van der Waals surface area contributed by atoms with E-state index in [1.807, 2.05) is 0 Å². The van der Waals surface area contributed by atoms with Gasteiger partial charge in [0.2, 0.25) is 0 Å². The number of rotatable bonds is 10. The van der Waals surface area contributed by atoms with E-state index < -0.39 is 0 Å². The molecule has 2 nitrogen and oxygen atoms in total. The lowest BCUT2D eigenvalue weighted by Gasteiger charge is -2.27. The van der Waals surface area contributed by atoms with Crippen molar-refractivity contribution in [2.45, 2.75) is 31.1 Å². The predicted molar refractivity (Wildman–Crippen MR) is 387 cm³/mol. The Balaban J connectivity index is 0.546. The van der Waals surface area contributed by atoms with Crippen LogP contribution in [-0.4, -0.2) is 9.13 Å². The van der Waals surface area contributed by atoms with E-state index >= 15 is 0 Å². The van der Waals surface area contributed by atoms with Gasteiger partial charge in [0, 0.05) is 38.3 Å². The second-order valence-corrected chi connectivity index (χ2v) is 25.2. The fourth-order valence-electron chi connectivity index (χ4n) is 15.4. The van der Waals surface area contributed by atoms with Crippen LogP contribution in [0.25, 0.3) is 156 Å². The van der Waals surface area contributed by atoms with Crippen molar-refractivity contribution in [1.29, 1.82) is 0 Å². The van der Waals surface area contributed by atoms with Crippen LogP contribution in [0.1, 0.15) is 59.1 Å². The fourth-order valence-corrected chi connectivity index (χ4v) is 15.4. The highest BCUT2D eigenvalue weighted by Gasteiger charge is 2.45. The van der Waals surface area contributed by atoms with E-state index in [1.165, 1.54) is 191 Å². The predicted octanol–water partition coefficient (Wildman–Crippen LogP) is 24.0. The Morgan fingerprint density at radius 3 is 0.956 bits per heavy atom. The number of benzene rings is 14. The molecular weight excluding hydrogens is 1100 g/mol. The minimum Gasteiger partial charge on any atom is -0.309 e. The highest BCUT2D eigenvalue weighted by molar-refractivity contribution is 6.12. The normalized spacial score (nSPS) is 13.5. The van der Waals surface area contributed by atoms with Gasteiger partial charge in [0.15, 0.2) is 0 Å². The maximum Gasteiger partial charge on any atom is 0.0541 e. The zero-order valence-electron chi connectivity index (χ0n) is 50.4. The topological polar surface area (TPSA) is 9.86 Å². The molecule has 428 valence electrons. The van der Waals surface area contributed by atoms with Gasteiger partial charge < -0.3 is 9.13 Å². The van der Waals surface area contributed by atoms with Crippen molar-refractivity contribution < 1.29 is 0 Å². The number of fused-ring (bicyclic) bond motifs is 13.